The number of rotatable bonds is 7. The van der Waals surface area contributed by atoms with E-state index in [0.717, 1.165) is 22.3 Å². The molecule has 0 aliphatic heterocycles. The molecule has 3 nitrogen and oxygen atoms in total. The molecule has 2 rings (SSSR count). The Morgan fingerprint density at radius 3 is 2.24 bits per heavy atom. The van der Waals surface area contributed by atoms with Crippen LogP contribution in [0.25, 0.3) is 11.1 Å². The van der Waals surface area contributed by atoms with E-state index in [2.05, 4.69) is 0 Å². The van der Waals surface area contributed by atoms with E-state index in [4.69, 9.17) is 16.7 Å². The Bertz CT molecular complexity index is 776. The molecule has 0 radical (unpaired) electrons. The Balaban J connectivity index is 2.11. The van der Waals surface area contributed by atoms with E-state index in [-0.39, 0.29) is 12.2 Å². The lowest BCUT2D eigenvalue weighted by Crippen LogP contribution is -2.24. The third-order valence-corrected chi connectivity index (χ3v) is 4.77. The number of carbonyl (C=O) groups is 2. The molecule has 0 aliphatic carbocycles. The van der Waals surface area contributed by atoms with Gasteiger partial charge in [0.05, 0.1) is 5.41 Å². The van der Waals surface area contributed by atoms with Crippen molar-refractivity contribution in [3.05, 3.63) is 58.6 Å². The highest BCUT2D eigenvalue weighted by atomic mass is 35.5. The molecule has 132 valence electrons. The number of aliphatic carboxylic acids is 1. The number of ketones is 1. The highest BCUT2D eigenvalue weighted by Gasteiger charge is 2.27. The van der Waals surface area contributed by atoms with Gasteiger partial charge in [0, 0.05) is 17.9 Å². The molecule has 0 bridgehead atoms. The van der Waals surface area contributed by atoms with E-state index in [0.29, 0.717) is 17.9 Å². The molecule has 0 spiro atoms. The van der Waals surface area contributed by atoms with Crippen LogP contribution >= 0.6 is 11.6 Å². The first-order chi connectivity index (χ1) is 11.7. The van der Waals surface area contributed by atoms with Crippen molar-refractivity contribution in [1.29, 1.82) is 0 Å². The molecule has 0 atom stereocenters. The summed E-state index contributed by atoms with van der Waals surface area (Å²) in [5.41, 5.74) is 3.24. The largest absolute Gasteiger partial charge is 0.481 e. The Labute approximate surface area is 153 Å². The molecular formula is C21H23ClO3. The fraction of sp³-hybridized carbons (Fsp3) is 0.333. The summed E-state index contributed by atoms with van der Waals surface area (Å²) in [7, 11) is 0. The number of aryl methyl sites for hydroxylation is 1. The fourth-order valence-corrected chi connectivity index (χ4v) is 2.67. The summed E-state index contributed by atoms with van der Waals surface area (Å²) in [6.45, 7) is 5.28. The summed E-state index contributed by atoms with van der Waals surface area (Å²) in [6, 6.07) is 13.7. The minimum Gasteiger partial charge on any atom is -0.481 e. The number of carbonyl (C=O) groups excluding carboxylic acids is 1. The first kappa shape index (κ1) is 19.2. The summed E-state index contributed by atoms with van der Waals surface area (Å²) < 4.78 is 0. The number of hydrogen-bond acceptors (Lipinski definition) is 2. The van der Waals surface area contributed by atoms with Gasteiger partial charge >= 0.3 is 5.97 Å². The van der Waals surface area contributed by atoms with E-state index in [1.54, 1.807) is 13.8 Å². The minimum absolute atomic E-state index is 0.0608. The second-order valence-electron chi connectivity index (χ2n) is 7.05. The van der Waals surface area contributed by atoms with E-state index < -0.39 is 11.4 Å². The standard InChI is InChI=1S/C21H23ClO3/c1-14-4-5-16(15-6-8-18(22)9-7-15)12-17(14)13-19(23)10-11-21(2,3)20(24)25/h4-9,12H,10-11,13H2,1-3H3,(H,24,25). The van der Waals surface area contributed by atoms with Gasteiger partial charge in [0.1, 0.15) is 5.78 Å². The van der Waals surface area contributed by atoms with Crippen LogP contribution in [0.1, 0.15) is 37.8 Å². The Hall–Kier alpha value is -2.13. The average molecular weight is 359 g/mol. The van der Waals surface area contributed by atoms with Crippen molar-refractivity contribution in [2.75, 3.05) is 0 Å². The molecular weight excluding hydrogens is 336 g/mol. The van der Waals surface area contributed by atoms with Crippen molar-refractivity contribution in [2.24, 2.45) is 5.41 Å². The topological polar surface area (TPSA) is 54.4 Å². The zero-order valence-electron chi connectivity index (χ0n) is 14.8. The Morgan fingerprint density at radius 2 is 1.64 bits per heavy atom. The number of benzene rings is 2. The van der Waals surface area contributed by atoms with Gasteiger partial charge in [-0.3, -0.25) is 9.59 Å². The molecule has 0 unspecified atom stereocenters. The lowest BCUT2D eigenvalue weighted by molar-refractivity contribution is -0.147. The first-order valence-corrected chi connectivity index (χ1v) is 8.67. The molecule has 0 amide bonds. The van der Waals surface area contributed by atoms with Gasteiger partial charge in [0.15, 0.2) is 0 Å². The third kappa shape index (κ3) is 5.17. The average Bonchev–Trinajstić information content (AvgIpc) is 2.56. The summed E-state index contributed by atoms with van der Waals surface area (Å²) in [4.78, 5) is 23.5. The van der Waals surface area contributed by atoms with Crippen LogP contribution in [-0.2, 0) is 16.0 Å². The lowest BCUT2D eigenvalue weighted by atomic mass is 9.86. The van der Waals surface area contributed by atoms with Crippen molar-refractivity contribution >= 4 is 23.4 Å². The van der Waals surface area contributed by atoms with Crippen LogP contribution in [0, 0.1) is 12.3 Å². The maximum absolute atomic E-state index is 12.3. The van der Waals surface area contributed by atoms with Gasteiger partial charge in [0.2, 0.25) is 0 Å². The molecule has 1 N–H and O–H groups in total. The van der Waals surface area contributed by atoms with Crippen molar-refractivity contribution in [3.8, 4) is 11.1 Å². The monoisotopic (exact) mass is 358 g/mol. The number of carboxylic acid groups (broad SMARTS) is 1. The zero-order chi connectivity index (χ0) is 18.6. The third-order valence-electron chi connectivity index (χ3n) is 4.52. The first-order valence-electron chi connectivity index (χ1n) is 8.29. The van der Waals surface area contributed by atoms with Crippen molar-refractivity contribution in [1.82, 2.24) is 0 Å². The van der Waals surface area contributed by atoms with Gasteiger partial charge in [0.25, 0.3) is 0 Å². The highest BCUT2D eigenvalue weighted by molar-refractivity contribution is 6.30. The van der Waals surface area contributed by atoms with Gasteiger partial charge < -0.3 is 5.11 Å². The number of hydrogen-bond donors (Lipinski definition) is 1. The summed E-state index contributed by atoms with van der Waals surface area (Å²) in [6.07, 6.45) is 0.934. The maximum Gasteiger partial charge on any atom is 0.309 e. The summed E-state index contributed by atoms with van der Waals surface area (Å²) in [5.74, 6) is -0.813. The number of carboxylic acids is 1. The molecule has 2 aromatic rings. The molecule has 25 heavy (non-hydrogen) atoms. The minimum atomic E-state index is -0.879. The van der Waals surface area contributed by atoms with Gasteiger partial charge in [-0.2, -0.15) is 0 Å². The van der Waals surface area contributed by atoms with E-state index in [1.165, 1.54) is 0 Å². The number of Topliss-reactive ketones (excluding diaryl/α,β-unsaturated/α-hetero) is 1. The van der Waals surface area contributed by atoms with E-state index >= 15 is 0 Å². The molecule has 0 saturated heterocycles. The maximum atomic E-state index is 12.3. The van der Waals surface area contributed by atoms with Crippen LogP contribution < -0.4 is 0 Å². The SMILES string of the molecule is Cc1ccc(-c2ccc(Cl)cc2)cc1CC(=O)CCC(C)(C)C(=O)O. The molecule has 4 heteroatoms. The van der Waals surface area contributed by atoms with Crippen LogP contribution in [0.5, 0.6) is 0 Å². The molecule has 0 heterocycles. The van der Waals surface area contributed by atoms with E-state index in [1.807, 2.05) is 49.4 Å². The second kappa shape index (κ2) is 7.83. The molecule has 2 aromatic carbocycles. The summed E-state index contributed by atoms with van der Waals surface area (Å²) in [5, 5.41) is 9.84. The summed E-state index contributed by atoms with van der Waals surface area (Å²) >= 11 is 5.93. The van der Waals surface area contributed by atoms with E-state index in [9.17, 15) is 9.59 Å². The Kier molecular flexibility index (Phi) is 6.02. The number of halogens is 1. The second-order valence-corrected chi connectivity index (χ2v) is 7.49. The highest BCUT2D eigenvalue weighted by Crippen LogP contribution is 2.26. The van der Waals surface area contributed by atoms with Crippen LogP contribution in [0.2, 0.25) is 5.02 Å². The van der Waals surface area contributed by atoms with Crippen molar-refractivity contribution < 1.29 is 14.7 Å². The lowest BCUT2D eigenvalue weighted by Gasteiger charge is -2.18. The van der Waals surface area contributed by atoms with Crippen LogP contribution in [0.15, 0.2) is 42.5 Å². The van der Waals surface area contributed by atoms with Crippen molar-refractivity contribution in [3.63, 3.8) is 0 Å². The predicted molar refractivity (Wildman–Crippen MR) is 101 cm³/mol. The Morgan fingerprint density at radius 1 is 1.04 bits per heavy atom. The van der Waals surface area contributed by atoms with Gasteiger partial charge in [-0.15, -0.1) is 0 Å². The van der Waals surface area contributed by atoms with Crippen molar-refractivity contribution in [2.45, 2.75) is 40.0 Å². The van der Waals surface area contributed by atoms with Crippen LogP contribution in [0.4, 0.5) is 0 Å². The van der Waals surface area contributed by atoms with Crippen LogP contribution in [-0.4, -0.2) is 16.9 Å². The predicted octanol–water partition coefficient (Wildman–Crippen LogP) is 5.32. The fourth-order valence-electron chi connectivity index (χ4n) is 2.54. The molecule has 0 aromatic heterocycles. The quantitative estimate of drug-likeness (QED) is 0.728. The van der Waals surface area contributed by atoms with Gasteiger partial charge in [-0.05, 0) is 61.6 Å². The molecule has 0 fully saturated rings. The molecule has 0 saturated carbocycles. The smallest absolute Gasteiger partial charge is 0.309 e. The molecule has 0 aliphatic rings. The van der Waals surface area contributed by atoms with Gasteiger partial charge in [-0.1, -0.05) is 41.9 Å². The normalized spacial score (nSPS) is 11.4. The van der Waals surface area contributed by atoms with Crippen LogP contribution in [0.3, 0.4) is 0 Å². The van der Waals surface area contributed by atoms with Gasteiger partial charge in [-0.25, -0.2) is 0 Å². The zero-order valence-corrected chi connectivity index (χ0v) is 15.6.